The van der Waals surface area contributed by atoms with E-state index in [-0.39, 0.29) is 5.41 Å². The van der Waals surface area contributed by atoms with Crippen molar-refractivity contribution < 1.29 is 0 Å². The first-order valence-corrected chi connectivity index (χ1v) is 8.53. The Hall–Kier alpha value is -1.02. The van der Waals surface area contributed by atoms with E-state index in [2.05, 4.69) is 69.1 Å². The molecule has 2 nitrogen and oxygen atoms in total. The Labute approximate surface area is 130 Å². The number of fused-ring (bicyclic) bond motifs is 1. The maximum atomic E-state index is 3.67. The summed E-state index contributed by atoms with van der Waals surface area (Å²) in [5, 5.41) is 3.67. The molecule has 21 heavy (non-hydrogen) atoms. The lowest BCUT2D eigenvalue weighted by Crippen LogP contribution is -2.50. The molecule has 1 heterocycles. The summed E-state index contributed by atoms with van der Waals surface area (Å²) in [4.78, 5) is 2.63. The van der Waals surface area contributed by atoms with Gasteiger partial charge in [0.15, 0.2) is 0 Å². The molecular formula is C19H32N2. The van der Waals surface area contributed by atoms with E-state index < -0.39 is 0 Å². The first kappa shape index (κ1) is 16.4. The van der Waals surface area contributed by atoms with Gasteiger partial charge in [-0.3, -0.25) is 0 Å². The topological polar surface area (TPSA) is 15.3 Å². The van der Waals surface area contributed by atoms with Crippen LogP contribution in [0.3, 0.4) is 0 Å². The minimum absolute atomic E-state index is 0.258. The number of para-hydroxylation sites is 1. The Bertz CT molecular complexity index is 453. The normalized spacial score (nSPS) is 20.2. The highest BCUT2D eigenvalue weighted by molar-refractivity contribution is 5.56. The van der Waals surface area contributed by atoms with Crippen LogP contribution in [0.15, 0.2) is 24.3 Å². The number of nitrogens with one attached hydrogen (secondary N) is 1. The van der Waals surface area contributed by atoms with Crippen molar-refractivity contribution >= 4 is 5.69 Å². The minimum Gasteiger partial charge on any atom is -0.368 e. The fourth-order valence-corrected chi connectivity index (χ4v) is 3.21. The van der Waals surface area contributed by atoms with E-state index in [1.54, 1.807) is 0 Å². The zero-order valence-electron chi connectivity index (χ0n) is 14.4. The molecule has 1 N–H and O–H groups in total. The van der Waals surface area contributed by atoms with Crippen LogP contribution in [0.2, 0.25) is 0 Å². The maximum absolute atomic E-state index is 3.67. The number of hydrogen-bond donors (Lipinski definition) is 1. The summed E-state index contributed by atoms with van der Waals surface area (Å²) in [5.41, 5.74) is 3.22. The van der Waals surface area contributed by atoms with Crippen LogP contribution >= 0.6 is 0 Å². The van der Waals surface area contributed by atoms with Gasteiger partial charge in [0, 0.05) is 24.3 Å². The second kappa shape index (κ2) is 6.83. The van der Waals surface area contributed by atoms with Crippen molar-refractivity contribution in [3.8, 4) is 0 Å². The average molecular weight is 288 g/mol. The highest BCUT2D eigenvalue weighted by Gasteiger charge is 2.32. The second-order valence-corrected chi connectivity index (χ2v) is 7.31. The third kappa shape index (κ3) is 3.79. The third-order valence-corrected chi connectivity index (χ3v) is 5.12. The number of anilines is 1. The van der Waals surface area contributed by atoms with Crippen LogP contribution in [0.1, 0.15) is 53.0 Å². The van der Waals surface area contributed by atoms with Crippen LogP contribution in [0.5, 0.6) is 0 Å². The molecule has 1 aromatic carbocycles. The summed E-state index contributed by atoms with van der Waals surface area (Å²) in [5.74, 6) is 0. The quantitative estimate of drug-likeness (QED) is 0.842. The maximum Gasteiger partial charge on any atom is 0.0401 e. The van der Waals surface area contributed by atoms with Crippen LogP contribution in [0, 0.1) is 5.41 Å². The Kier molecular flexibility index (Phi) is 5.32. The monoisotopic (exact) mass is 288 g/mol. The van der Waals surface area contributed by atoms with E-state index in [1.807, 2.05) is 0 Å². The lowest BCUT2D eigenvalue weighted by Gasteiger charge is -2.44. The number of rotatable bonds is 6. The van der Waals surface area contributed by atoms with Gasteiger partial charge in [-0.05, 0) is 56.7 Å². The van der Waals surface area contributed by atoms with E-state index in [0.29, 0.717) is 12.1 Å². The SMILES string of the molecule is CCCNC(C)C(C)(C)CN1c2ccccc2CCC1C. The molecule has 0 radical (unpaired) electrons. The molecule has 118 valence electrons. The van der Waals surface area contributed by atoms with Gasteiger partial charge in [0.05, 0.1) is 0 Å². The molecule has 2 unspecified atom stereocenters. The first-order chi connectivity index (χ1) is 9.95. The van der Waals surface area contributed by atoms with Crippen molar-refractivity contribution in [2.75, 3.05) is 18.0 Å². The van der Waals surface area contributed by atoms with E-state index in [9.17, 15) is 0 Å². The zero-order chi connectivity index (χ0) is 15.5. The Morgan fingerprint density at radius 2 is 2.05 bits per heavy atom. The Morgan fingerprint density at radius 1 is 1.33 bits per heavy atom. The van der Waals surface area contributed by atoms with Gasteiger partial charge in [-0.25, -0.2) is 0 Å². The molecule has 2 atom stereocenters. The predicted octanol–water partition coefficient (Wildman–Crippen LogP) is 4.24. The largest absolute Gasteiger partial charge is 0.368 e. The molecule has 0 spiro atoms. The summed E-state index contributed by atoms with van der Waals surface area (Å²) >= 11 is 0. The van der Waals surface area contributed by atoms with Gasteiger partial charge < -0.3 is 10.2 Å². The summed E-state index contributed by atoms with van der Waals surface area (Å²) in [6.45, 7) is 13.9. The van der Waals surface area contributed by atoms with Gasteiger partial charge >= 0.3 is 0 Å². The van der Waals surface area contributed by atoms with Crippen LogP contribution in [-0.2, 0) is 6.42 Å². The molecule has 0 saturated heterocycles. The molecule has 0 fully saturated rings. The van der Waals surface area contributed by atoms with Gasteiger partial charge in [0.2, 0.25) is 0 Å². The smallest absolute Gasteiger partial charge is 0.0401 e. The number of nitrogens with zero attached hydrogens (tertiary/aromatic N) is 1. The molecule has 0 aliphatic carbocycles. The molecule has 0 aromatic heterocycles. The molecule has 0 saturated carbocycles. The Balaban J connectivity index is 2.14. The van der Waals surface area contributed by atoms with Gasteiger partial charge in [-0.15, -0.1) is 0 Å². The predicted molar refractivity (Wildman–Crippen MR) is 93.1 cm³/mol. The fourth-order valence-electron chi connectivity index (χ4n) is 3.21. The molecule has 0 amide bonds. The number of aryl methyl sites for hydroxylation is 1. The number of benzene rings is 1. The van der Waals surface area contributed by atoms with Crippen molar-refractivity contribution in [1.82, 2.24) is 5.32 Å². The molecule has 2 heteroatoms. The lowest BCUT2D eigenvalue weighted by molar-refractivity contribution is 0.253. The van der Waals surface area contributed by atoms with Crippen LogP contribution in [-0.4, -0.2) is 25.2 Å². The summed E-state index contributed by atoms with van der Waals surface area (Å²) < 4.78 is 0. The van der Waals surface area contributed by atoms with E-state index in [0.717, 1.165) is 13.1 Å². The van der Waals surface area contributed by atoms with E-state index >= 15 is 0 Å². The molecule has 1 aliphatic rings. The first-order valence-electron chi connectivity index (χ1n) is 8.53. The Morgan fingerprint density at radius 3 is 2.76 bits per heavy atom. The van der Waals surface area contributed by atoms with E-state index in [1.165, 1.54) is 30.5 Å². The second-order valence-electron chi connectivity index (χ2n) is 7.31. The highest BCUT2D eigenvalue weighted by atomic mass is 15.2. The molecule has 2 rings (SSSR count). The van der Waals surface area contributed by atoms with Gasteiger partial charge in [0.25, 0.3) is 0 Å². The standard InChI is InChI=1S/C19H32N2/c1-6-13-20-16(3)19(4,5)14-21-15(2)11-12-17-9-7-8-10-18(17)21/h7-10,15-16,20H,6,11-14H2,1-5H3. The summed E-state index contributed by atoms with van der Waals surface area (Å²) in [6, 6.07) is 10.1. The zero-order valence-corrected chi connectivity index (χ0v) is 14.4. The molecule has 0 bridgehead atoms. The molecule has 1 aliphatic heterocycles. The van der Waals surface area contributed by atoms with Crippen LogP contribution < -0.4 is 10.2 Å². The van der Waals surface area contributed by atoms with Crippen molar-refractivity contribution in [3.63, 3.8) is 0 Å². The highest BCUT2D eigenvalue weighted by Crippen LogP contribution is 2.34. The van der Waals surface area contributed by atoms with Crippen LogP contribution in [0.25, 0.3) is 0 Å². The summed E-state index contributed by atoms with van der Waals surface area (Å²) in [6.07, 6.45) is 3.69. The fraction of sp³-hybridized carbons (Fsp3) is 0.684. The van der Waals surface area contributed by atoms with E-state index in [4.69, 9.17) is 0 Å². The molecule has 1 aromatic rings. The molecular weight excluding hydrogens is 256 g/mol. The van der Waals surface area contributed by atoms with Gasteiger partial charge in [-0.1, -0.05) is 39.0 Å². The van der Waals surface area contributed by atoms with Crippen LogP contribution in [0.4, 0.5) is 5.69 Å². The van der Waals surface area contributed by atoms with Gasteiger partial charge in [0.1, 0.15) is 0 Å². The number of hydrogen-bond acceptors (Lipinski definition) is 2. The minimum atomic E-state index is 0.258. The van der Waals surface area contributed by atoms with Crippen molar-refractivity contribution in [1.29, 1.82) is 0 Å². The van der Waals surface area contributed by atoms with Gasteiger partial charge in [-0.2, -0.15) is 0 Å². The average Bonchev–Trinajstić information content (AvgIpc) is 2.47. The van der Waals surface area contributed by atoms with Crippen molar-refractivity contribution in [2.45, 2.75) is 66.0 Å². The summed E-state index contributed by atoms with van der Waals surface area (Å²) in [7, 11) is 0. The third-order valence-electron chi connectivity index (χ3n) is 5.12. The van der Waals surface area contributed by atoms with Crippen molar-refractivity contribution in [2.24, 2.45) is 5.41 Å². The lowest BCUT2D eigenvalue weighted by atomic mass is 9.83. The van der Waals surface area contributed by atoms with Crippen molar-refractivity contribution in [3.05, 3.63) is 29.8 Å².